The van der Waals surface area contributed by atoms with Crippen LogP contribution in [0.4, 0.5) is 0 Å². The van der Waals surface area contributed by atoms with Gasteiger partial charge in [0.25, 0.3) is 0 Å². The molecule has 1 unspecified atom stereocenters. The molecular weight excluding hydrogens is 354 g/mol. The van der Waals surface area contributed by atoms with E-state index in [2.05, 4.69) is 15.0 Å². The van der Waals surface area contributed by atoms with Gasteiger partial charge in [0.1, 0.15) is 29.6 Å². The molecule has 0 radical (unpaired) electrons. The van der Waals surface area contributed by atoms with Crippen molar-refractivity contribution >= 4 is 11.0 Å². The number of methoxy groups -OCH3 is 1. The SMILES string of the molecule is COc1ccc(-c2nn(C3CCCCO3)cc2-c2ncnc3[nH]ccc23)cc1. The highest BCUT2D eigenvalue weighted by atomic mass is 16.5. The van der Waals surface area contributed by atoms with Gasteiger partial charge in [0.15, 0.2) is 0 Å². The van der Waals surface area contributed by atoms with Gasteiger partial charge >= 0.3 is 0 Å². The van der Waals surface area contributed by atoms with Crippen molar-refractivity contribution in [3.63, 3.8) is 0 Å². The molecule has 0 aliphatic carbocycles. The maximum absolute atomic E-state index is 5.95. The van der Waals surface area contributed by atoms with Crippen LogP contribution in [0.5, 0.6) is 5.75 Å². The Kier molecular flexibility index (Phi) is 4.29. The monoisotopic (exact) mass is 375 g/mol. The van der Waals surface area contributed by atoms with Gasteiger partial charge < -0.3 is 14.5 Å². The zero-order valence-corrected chi connectivity index (χ0v) is 15.6. The number of aromatic nitrogens is 5. The number of hydrogen-bond acceptors (Lipinski definition) is 5. The summed E-state index contributed by atoms with van der Waals surface area (Å²) in [5.74, 6) is 0.815. The lowest BCUT2D eigenvalue weighted by atomic mass is 10.0. The molecule has 1 saturated heterocycles. The second kappa shape index (κ2) is 7.09. The van der Waals surface area contributed by atoms with Gasteiger partial charge in [-0.1, -0.05) is 0 Å². The molecule has 7 heteroatoms. The van der Waals surface area contributed by atoms with Gasteiger partial charge in [0.05, 0.1) is 12.8 Å². The summed E-state index contributed by atoms with van der Waals surface area (Å²) < 4.78 is 13.2. The summed E-state index contributed by atoms with van der Waals surface area (Å²) in [4.78, 5) is 12.0. The molecule has 1 aliphatic heterocycles. The average molecular weight is 375 g/mol. The average Bonchev–Trinajstić information content (AvgIpc) is 3.42. The normalized spacial score (nSPS) is 17.1. The van der Waals surface area contributed by atoms with Crippen molar-refractivity contribution < 1.29 is 9.47 Å². The number of nitrogens with zero attached hydrogens (tertiary/aromatic N) is 4. The highest BCUT2D eigenvalue weighted by molar-refractivity contribution is 5.94. The Morgan fingerprint density at radius 3 is 2.79 bits per heavy atom. The predicted octanol–water partition coefficient (Wildman–Crippen LogP) is 4.20. The zero-order valence-electron chi connectivity index (χ0n) is 15.6. The Balaban J connectivity index is 1.67. The molecule has 1 fully saturated rings. The Hall–Kier alpha value is -3.19. The minimum Gasteiger partial charge on any atom is -0.497 e. The fourth-order valence-electron chi connectivity index (χ4n) is 3.69. The Labute approximate surface area is 162 Å². The van der Waals surface area contributed by atoms with Crippen LogP contribution in [0.15, 0.2) is 49.1 Å². The molecule has 5 rings (SSSR count). The van der Waals surface area contributed by atoms with E-state index in [1.165, 1.54) is 0 Å². The highest BCUT2D eigenvalue weighted by Gasteiger charge is 2.22. The molecule has 1 N–H and O–H groups in total. The van der Waals surface area contributed by atoms with Gasteiger partial charge in [0, 0.05) is 35.5 Å². The standard InChI is InChI=1S/C21H21N5O2/c1-27-15-7-5-14(6-8-15)19-17(12-26(25-19)18-4-2-3-11-28-18)20-16-9-10-22-21(16)24-13-23-20/h5-10,12-13,18H,2-4,11H2,1H3,(H,22,23,24). The molecule has 1 aliphatic rings. The van der Waals surface area contributed by atoms with Gasteiger partial charge in [-0.25, -0.2) is 14.6 Å². The van der Waals surface area contributed by atoms with E-state index in [0.717, 1.165) is 65.2 Å². The van der Waals surface area contributed by atoms with E-state index >= 15 is 0 Å². The maximum Gasteiger partial charge on any atom is 0.150 e. The van der Waals surface area contributed by atoms with E-state index in [1.54, 1.807) is 13.4 Å². The van der Waals surface area contributed by atoms with Crippen molar-refractivity contribution in [2.24, 2.45) is 0 Å². The number of H-pyrrole nitrogens is 1. The minimum atomic E-state index is -0.0388. The van der Waals surface area contributed by atoms with Gasteiger partial charge in [0.2, 0.25) is 0 Å². The third-order valence-corrected chi connectivity index (χ3v) is 5.16. The summed E-state index contributed by atoms with van der Waals surface area (Å²) >= 11 is 0. The lowest BCUT2D eigenvalue weighted by Crippen LogP contribution is -2.18. The number of nitrogens with one attached hydrogen (secondary N) is 1. The number of hydrogen-bond donors (Lipinski definition) is 1. The van der Waals surface area contributed by atoms with E-state index < -0.39 is 0 Å². The minimum absolute atomic E-state index is 0.0388. The Bertz CT molecular complexity index is 1090. The van der Waals surface area contributed by atoms with E-state index in [-0.39, 0.29) is 6.23 Å². The number of aromatic amines is 1. The fraction of sp³-hybridized carbons (Fsp3) is 0.286. The molecule has 3 aromatic heterocycles. The first kappa shape index (κ1) is 16.9. The molecule has 0 bridgehead atoms. The van der Waals surface area contributed by atoms with Crippen LogP contribution in [0.3, 0.4) is 0 Å². The van der Waals surface area contributed by atoms with Gasteiger partial charge in [-0.2, -0.15) is 5.10 Å². The third-order valence-electron chi connectivity index (χ3n) is 5.16. The van der Waals surface area contributed by atoms with Crippen LogP contribution in [0, 0.1) is 0 Å². The fourth-order valence-corrected chi connectivity index (χ4v) is 3.69. The topological polar surface area (TPSA) is 77.8 Å². The molecule has 1 atom stereocenters. The summed E-state index contributed by atoms with van der Waals surface area (Å²) in [5, 5.41) is 5.88. The molecule has 4 heterocycles. The molecule has 28 heavy (non-hydrogen) atoms. The summed E-state index contributed by atoms with van der Waals surface area (Å²) in [6.45, 7) is 0.771. The van der Waals surface area contributed by atoms with E-state index in [4.69, 9.17) is 14.6 Å². The van der Waals surface area contributed by atoms with Gasteiger partial charge in [-0.3, -0.25) is 0 Å². The first-order valence-corrected chi connectivity index (χ1v) is 9.47. The van der Waals surface area contributed by atoms with Crippen LogP contribution in [0.2, 0.25) is 0 Å². The van der Waals surface area contributed by atoms with Crippen molar-refractivity contribution in [1.82, 2.24) is 24.7 Å². The van der Waals surface area contributed by atoms with Crippen molar-refractivity contribution in [2.45, 2.75) is 25.5 Å². The second-order valence-corrected chi connectivity index (χ2v) is 6.88. The van der Waals surface area contributed by atoms with E-state index in [9.17, 15) is 0 Å². The highest BCUT2D eigenvalue weighted by Crippen LogP contribution is 2.36. The van der Waals surface area contributed by atoms with Crippen LogP contribution in [-0.2, 0) is 4.74 Å². The third kappa shape index (κ3) is 2.93. The molecular formula is C21H21N5O2. The first-order chi connectivity index (χ1) is 13.8. The first-order valence-electron chi connectivity index (χ1n) is 9.47. The Morgan fingerprint density at radius 1 is 1.11 bits per heavy atom. The van der Waals surface area contributed by atoms with Crippen molar-refractivity contribution in [3.05, 3.63) is 49.1 Å². The van der Waals surface area contributed by atoms with Crippen LogP contribution in [0.1, 0.15) is 25.5 Å². The second-order valence-electron chi connectivity index (χ2n) is 6.88. The molecule has 142 valence electrons. The van der Waals surface area contributed by atoms with Crippen LogP contribution in [0.25, 0.3) is 33.5 Å². The number of fused-ring (bicyclic) bond motifs is 1. The van der Waals surface area contributed by atoms with E-state index in [1.807, 2.05) is 47.4 Å². The summed E-state index contributed by atoms with van der Waals surface area (Å²) in [7, 11) is 1.67. The molecule has 4 aromatic rings. The van der Waals surface area contributed by atoms with Gasteiger partial charge in [-0.15, -0.1) is 0 Å². The lowest BCUT2D eigenvalue weighted by Gasteiger charge is -2.22. The predicted molar refractivity (Wildman–Crippen MR) is 106 cm³/mol. The Morgan fingerprint density at radius 2 is 2.00 bits per heavy atom. The van der Waals surface area contributed by atoms with Crippen LogP contribution >= 0.6 is 0 Å². The van der Waals surface area contributed by atoms with Crippen LogP contribution in [-0.4, -0.2) is 38.4 Å². The largest absolute Gasteiger partial charge is 0.497 e. The zero-order chi connectivity index (χ0) is 18.9. The van der Waals surface area contributed by atoms with Crippen molar-refractivity contribution in [3.8, 4) is 28.3 Å². The molecule has 1 aromatic carbocycles. The number of ether oxygens (including phenoxy) is 2. The quantitative estimate of drug-likeness (QED) is 0.578. The van der Waals surface area contributed by atoms with Gasteiger partial charge in [-0.05, 0) is 49.6 Å². The number of benzene rings is 1. The summed E-state index contributed by atoms with van der Waals surface area (Å²) in [5.41, 5.74) is 4.52. The maximum atomic E-state index is 5.95. The van der Waals surface area contributed by atoms with Crippen molar-refractivity contribution in [1.29, 1.82) is 0 Å². The lowest BCUT2D eigenvalue weighted by molar-refractivity contribution is -0.0393. The van der Waals surface area contributed by atoms with Crippen LogP contribution < -0.4 is 4.74 Å². The summed E-state index contributed by atoms with van der Waals surface area (Å²) in [6.07, 6.45) is 8.68. The smallest absolute Gasteiger partial charge is 0.150 e. The molecule has 0 saturated carbocycles. The molecule has 0 amide bonds. The van der Waals surface area contributed by atoms with Crippen molar-refractivity contribution in [2.75, 3.05) is 13.7 Å². The molecule has 0 spiro atoms. The molecule has 7 nitrogen and oxygen atoms in total. The van der Waals surface area contributed by atoms with E-state index in [0.29, 0.717) is 0 Å². The number of rotatable bonds is 4. The summed E-state index contributed by atoms with van der Waals surface area (Å²) in [6, 6.07) is 9.93.